The van der Waals surface area contributed by atoms with Gasteiger partial charge in [-0.25, -0.2) is 0 Å². The fourth-order valence-corrected chi connectivity index (χ4v) is 7.03. The summed E-state index contributed by atoms with van der Waals surface area (Å²) in [6.07, 6.45) is 7.02. The molecule has 6 unspecified atom stereocenters. The standard InChI is InChI=1S/C19H30O3/c1-18-6-3-4-13(18)16-14(21)9-11-8-12(20)5-7-19(11,2)17(16)15(22)10-18/h11-13,15-17,20,22H,3-10H2,1-2H3/t11-,12?,13?,15-,16?,17?,18?,19?/m1/s1. The molecule has 124 valence electrons. The molecule has 2 N–H and O–H groups in total. The van der Waals surface area contributed by atoms with Crippen LogP contribution in [0.3, 0.4) is 0 Å². The molecule has 0 heterocycles. The second-order valence-corrected chi connectivity index (χ2v) is 9.28. The zero-order valence-corrected chi connectivity index (χ0v) is 13.9. The van der Waals surface area contributed by atoms with Gasteiger partial charge in [-0.3, -0.25) is 4.79 Å². The Hall–Kier alpha value is -0.410. The number of hydrogen-bond acceptors (Lipinski definition) is 3. The summed E-state index contributed by atoms with van der Waals surface area (Å²) in [4.78, 5) is 13.0. The quantitative estimate of drug-likeness (QED) is 0.723. The van der Waals surface area contributed by atoms with Crippen LogP contribution in [-0.2, 0) is 4.79 Å². The molecular formula is C19H30O3. The first-order valence-corrected chi connectivity index (χ1v) is 9.24. The molecule has 22 heavy (non-hydrogen) atoms. The Bertz CT molecular complexity index is 489. The minimum absolute atomic E-state index is 0.0428. The van der Waals surface area contributed by atoms with Crippen LogP contribution in [0.15, 0.2) is 0 Å². The highest BCUT2D eigenvalue weighted by molar-refractivity contribution is 5.83. The largest absolute Gasteiger partial charge is 0.393 e. The lowest BCUT2D eigenvalue weighted by molar-refractivity contribution is -0.181. The topological polar surface area (TPSA) is 57.5 Å². The van der Waals surface area contributed by atoms with Gasteiger partial charge in [-0.1, -0.05) is 20.3 Å². The van der Waals surface area contributed by atoms with Crippen molar-refractivity contribution in [2.75, 3.05) is 0 Å². The Morgan fingerprint density at radius 1 is 1.14 bits per heavy atom. The fraction of sp³-hybridized carbons (Fsp3) is 0.947. The Morgan fingerprint density at radius 3 is 2.68 bits per heavy atom. The van der Waals surface area contributed by atoms with Crippen molar-refractivity contribution >= 4 is 5.78 Å². The average molecular weight is 306 g/mol. The number of carbonyl (C=O) groups excluding carboxylic acids is 1. The lowest BCUT2D eigenvalue weighted by Crippen LogP contribution is -2.61. The molecule has 4 rings (SSSR count). The molecule has 4 aliphatic rings. The molecule has 0 aromatic heterocycles. The lowest BCUT2D eigenvalue weighted by Gasteiger charge is -2.60. The highest BCUT2D eigenvalue weighted by Gasteiger charge is 2.63. The Kier molecular flexibility index (Phi) is 3.30. The van der Waals surface area contributed by atoms with Crippen molar-refractivity contribution < 1.29 is 15.0 Å². The SMILES string of the molecule is CC12CCCC1C1C(=O)C[C@H]3CC(O)CCC3(C)C1[C@H](O)C2. The van der Waals surface area contributed by atoms with E-state index in [0.29, 0.717) is 18.1 Å². The first kappa shape index (κ1) is 15.1. The van der Waals surface area contributed by atoms with E-state index in [0.717, 1.165) is 25.7 Å². The van der Waals surface area contributed by atoms with Crippen LogP contribution in [0, 0.1) is 34.5 Å². The molecule has 4 saturated carbocycles. The molecule has 0 saturated heterocycles. The predicted octanol–water partition coefficient (Wildman–Crippen LogP) is 2.93. The average Bonchev–Trinajstić information content (AvgIpc) is 2.81. The Balaban J connectivity index is 1.73. The molecule has 0 aromatic rings. The molecule has 3 heteroatoms. The van der Waals surface area contributed by atoms with Gasteiger partial charge >= 0.3 is 0 Å². The summed E-state index contributed by atoms with van der Waals surface area (Å²) < 4.78 is 0. The number of fused-ring (bicyclic) bond motifs is 5. The van der Waals surface area contributed by atoms with Crippen molar-refractivity contribution in [2.24, 2.45) is 34.5 Å². The summed E-state index contributed by atoms with van der Waals surface area (Å²) >= 11 is 0. The zero-order valence-electron chi connectivity index (χ0n) is 13.9. The number of rotatable bonds is 0. The Labute approximate surface area is 133 Å². The number of hydrogen-bond donors (Lipinski definition) is 2. The van der Waals surface area contributed by atoms with Crippen LogP contribution in [0.4, 0.5) is 0 Å². The number of aliphatic hydroxyl groups excluding tert-OH is 2. The predicted molar refractivity (Wildman–Crippen MR) is 84.1 cm³/mol. The first-order chi connectivity index (χ1) is 10.3. The molecule has 4 aliphatic carbocycles. The second kappa shape index (κ2) is 4.80. The molecule has 0 amide bonds. The van der Waals surface area contributed by atoms with E-state index >= 15 is 0 Å². The molecule has 8 atom stereocenters. The van der Waals surface area contributed by atoms with Gasteiger partial charge in [0.05, 0.1) is 12.2 Å². The summed E-state index contributed by atoms with van der Waals surface area (Å²) in [5.41, 5.74) is 0.217. The van der Waals surface area contributed by atoms with E-state index in [1.807, 2.05) is 0 Å². The fourth-order valence-electron chi connectivity index (χ4n) is 7.03. The second-order valence-electron chi connectivity index (χ2n) is 9.28. The van der Waals surface area contributed by atoms with E-state index in [1.165, 1.54) is 19.3 Å². The van der Waals surface area contributed by atoms with Crippen LogP contribution < -0.4 is 0 Å². The van der Waals surface area contributed by atoms with Gasteiger partial charge in [0.1, 0.15) is 5.78 Å². The van der Waals surface area contributed by atoms with Gasteiger partial charge in [-0.05, 0) is 61.2 Å². The first-order valence-electron chi connectivity index (χ1n) is 9.24. The van der Waals surface area contributed by atoms with Crippen molar-refractivity contribution in [1.82, 2.24) is 0 Å². The highest BCUT2D eigenvalue weighted by Crippen LogP contribution is 2.65. The molecule has 0 bridgehead atoms. The van der Waals surface area contributed by atoms with Gasteiger partial charge in [-0.15, -0.1) is 0 Å². The third-order valence-electron chi connectivity index (χ3n) is 8.15. The van der Waals surface area contributed by atoms with Crippen LogP contribution in [-0.4, -0.2) is 28.2 Å². The molecule has 4 fully saturated rings. The summed E-state index contributed by atoms with van der Waals surface area (Å²) in [5.74, 6) is 1.34. The highest BCUT2D eigenvalue weighted by atomic mass is 16.3. The number of carbonyl (C=O) groups is 1. The van der Waals surface area contributed by atoms with E-state index < -0.39 is 0 Å². The van der Waals surface area contributed by atoms with Gasteiger partial charge in [-0.2, -0.15) is 0 Å². The molecule has 0 aromatic carbocycles. The maximum atomic E-state index is 13.0. The van der Waals surface area contributed by atoms with E-state index in [-0.39, 0.29) is 40.8 Å². The van der Waals surface area contributed by atoms with Gasteiger partial charge in [0, 0.05) is 18.3 Å². The van der Waals surface area contributed by atoms with E-state index in [4.69, 9.17) is 0 Å². The van der Waals surface area contributed by atoms with Crippen LogP contribution in [0.5, 0.6) is 0 Å². The minimum atomic E-state index is -0.337. The van der Waals surface area contributed by atoms with E-state index in [2.05, 4.69) is 13.8 Å². The van der Waals surface area contributed by atoms with Gasteiger partial charge in [0.25, 0.3) is 0 Å². The molecule has 0 radical (unpaired) electrons. The lowest BCUT2D eigenvalue weighted by atomic mass is 9.44. The van der Waals surface area contributed by atoms with Crippen molar-refractivity contribution in [3.63, 3.8) is 0 Å². The number of aliphatic hydroxyl groups is 2. The molecule has 0 aliphatic heterocycles. The zero-order chi connectivity index (χ0) is 15.7. The van der Waals surface area contributed by atoms with Gasteiger partial charge in [0.15, 0.2) is 0 Å². The number of Topliss-reactive ketones (excluding diaryl/α,β-unsaturated/α-hetero) is 1. The van der Waals surface area contributed by atoms with Crippen LogP contribution in [0.25, 0.3) is 0 Å². The van der Waals surface area contributed by atoms with Gasteiger partial charge < -0.3 is 10.2 Å². The van der Waals surface area contributed by atoms with E-state index in [1.54, 1.807) is 0 Å². The van der Waals surface area contributed by atoms with Crippen LogP contribution in [0.1, 0.15) is 65.2 Å². The summed E-state index contributed by atoms with van der Waals surface area (Å²) in [6, 6.07) is 0. The van der Waals surface area contributed by atoms with Gasteiger partial charge in [0.2, 0.25) is 0 Å². The molecule has 3 nitrogen and oxygen atoms in total. The summed E-state index contributed by atoms with van der Waals surface area (Å²) in [6.45, 7) is 4.60. The van der Waals surface area contributed by atoms with E-state index in [9.17, 15) is 15.0 Å². The van der Waals surface area contributed by atoms with Crippen LogP contribution >= 0.6 is 0 Å². The van der Waals surface area contributed by atoms with Crippen molar-refractivity contribution in [2.45, 2.75) is 77.4 Å². The number of ketones is 1. The Morgan fingerprint density at radius 2 is 1.91 bits per heavy atom. The monoisotopic (exact) mass is 306 g/mol. The van der Waals surface area contributed by atoms with Crippen LogP contribution in [0.2, 0.25) is 0 Å². The molecule has 0 spiro atoms. The van der Waals surface area contributed by atoms with Crippen molar-refractivity contribution in [1.29, 1.82) is 0 Å². The third kappa shape index (κ3) is 1.91. The smallest absolute Gasteiger partial charge is 0.136 e. The van der Waals surface area contributed by atoms with Crippen molar-refractivity contribution in [3.8, 4) is 0 Å². The summed E-state index contributed by atoms with van der Waals surface area (Å²) in [7, 11) is 0. The minimum Gasteiger partial charge on any atom is -0.393 e. The molecular weight excluding hydrogens is 276 g/mol. The normalized spacial score (nSPS) is 57.9. The summed E-state index contributed by atoms with van der Waals surface area (Å²) in [5, 5.41) is 21.0. The van der Waals surface area contributed by atoms with Crippen molar-refractivity contribution in [3.05, 3.63) is 0 Å². The maximum Gasteiger partial charge on any atom is 0.136 e. The third-order valence-corrected chi connectivity index (χ3v) is 8.15. The maximum absolute atomic E-state index is 13.0.